The van der Waals surface area contributed by atoms with Gasteiger partial charge < -0.3 is 15.8 Å². The van der Waals surface area contributed by atoms with Crippen molar-refractivity contribution < 1.29 is 14.3 Å². The summed E-state index contributed by atoms with van der Waals surface area (Å²) in [6.07, 6.45) is 1.68. The molecule has 3 N–H and O–H groups in total. The maximum Gasteiger partial charge on any atom is 0.238 e. The Morgan fingerprint density at radius 3 is 2.46 bits per heavy atom. The van der Waals surface area contributed by atoms with Gasteiger partial charge in [-0.25, -0.2) is 0 Å². The summed E-state index contributed by atoms with van der Waals surface area (Å²) in [6.45, 7) is 1.61. The summed E-state index contributed by atoms with van der Waals surface area (Å²) < 4.78 is 5.73. The Bertz CT molecular complexity index is 747. The van der Waals surface area contributed by atoms with Crippen LogP contribution in [0.2, 0.25) is 0 Å². The van der Waals surface area contributed by atoms with Crippen LogP contribution in [-0.4, -0.2) is 36.3 Å². The first-order valence-corrected chi connectivity index (χ1v) is 8.74. The number of rotatable bonds is 6. The third-order valence-corrected chi connectivity index (χ3v) is 4.39. The Hall–Kier alpha value is -2.86. The third-order valence-electron chi connectivity index (χ3n) is 4.39. The number of primary amides is 1. The molecule has 0 unspecified atom stereocenters. The molecule has 6 nitrogen and oxygen atoms in total. The molecule has 0 saturated carbocycles. The molecule has 1 aliphatic heterocycles. The van der Waals surface area contributed by atoms with Crippen molar-refractivity contribution in [3.05, 3.63) is 54.6 Å². The molecule has 1 saturated heterocycles. The van der Waals surface area contributed by atoms with Crippen LogP contribution in [-0.2, 0) is 9.59 Å². The van der Waals surface area contributed by atoms with E-state index >= 15 is 0 Å². The molecule has 6 heteroatoms. The third kappa shape index (κ3) is 5.07. The number of anilines is 1. The number of hydrogen-bond donors (Lipinski definition) is 2. The average molecular weight is 353 g/mol. The van der Waals surface area contributed by atoms with Crippen LogP contribution < -0.4 is 15.8 Å². The fourth-order valence-electron chi connectivity index (χ4n) is 3.07. The van der Waals surface area contributed by atoms with Crippen LogP contribution in [0.25, 0.3) is 0 Å². The van der Waals surface area contributed by atoms with Crippen molar-refractivity contribution in [1.29, 1.82) is 0 Å². The second kappa shape index (κ2) is 8.49. The number of amides is 2. The highest BCUT2D eigenvalue weighted by Gasteiger charge is 2.25. The van der Waals surface area contributed by atoms with Crippen LogP contribution in [0.4, 0.5) is 5.69 Å². The minimum absolute atomic E-state index is 0.105. The van der Waals surface area contributed by atoms with E-state index in [1.807, 2.05) is 47.4 Å². The molecule has 0 radical (unpaired) electrons. The van der Waals surface area contributed by atoms with Gasteiger partial charge in [0, 0.05) is 12.2 Å². The highest BCUT2D eigenvalue weighted by atomic mass is 16.5. The van der Waals surface area contributed by atoms with Gasteiger partial charge in [-0.2, -0.15) is 0 Å². The zero-order valence-electron chi connectivity index (χ0n) is 14.6. The minimum Gasteiger partial charge on any atom is -0.457 e. The smallest absolute Gasteiger partial charge is 0.238 e. The number of para-hydroxylation sites is 1. The van der Waals surface area contributed by atoms with E-state index < -0.39 is 0 Å². The molecule has 2 amide bonds. The minimum atomic E-state index is -0.288. The molecule has 136 valence electrons. The van der Waals surface area contributed by atoms with Crippen molar-refractivity contribution in [2.24, 2.45) is 11.7 Å². The molecule has 2 aromatic rings. The molecule has 26 heavy (non-hydrogen) atoms. The summed E-state index contributed by atoms with van der Waals surface area (Å²) in [4.78, 5) is 25.5. The lowest BCUT2D eigenvalue weighted by Gasteiger charge is -2.30. The van der Waals surface area contributed by atoms with E-state index in [2.05, 4.69) is 5.32 Å². The molecule has 3 rings (SSSR count). The molecule has 0 aromatic heterocycles. The second-order valence-corrected chi connectivity index (χ2v) is 6.46. The molecular weight excluding hydrogens is 330 g/mol. The Labute approximate surface area is 152 Å². The predicted octanol–water partition coefficient (Wildman–Crippen LogP) is 2.61. The van der Waals surface area contributed by atoms with Gasteiger partial charge in [-0.1, -0.05) is 18.2 Å². The lowest BCUT2D eigenvalue weighted by molar-refractivity contribution is -0.125. The summed E-state index contributed by atoms with van der Waals surface area (Å²) in [7, 11) is 0. The fourth-order valence-corrected chi connectivity index (χ4v) is 3.07. The van der Waals surface area contributed by atoms with Crippen molar-refractivity contribution in [1.82, 2.24) is 4.90 Å². The largest absolute Gasteiger partial charge is 0.457 e. The molecular formula is C20H23N3O3. The van der Waals surface area contributed by atoms with Crippen LogP contribution in [0.5, 0.6) is 11.5 Å². The summed E-state index contributed by atoms with van der Waals surface area (Å²) in [6, 6.07) is 16.7. The molecule has 1 fully saturated rings. The Kier molecular flexibility index (Phi) is 5.86. The molecule has 0 spiro atoms. The Balaban J connectivity index is 1.50. The number of likely N-dealkylation sites (tertiary alicyclic amines) is 1. The van der Waals surface area contributed by atoms with Gasteiger partial charge in [-0.15, -0.1) is 0 Å². The van der Waals surface area contributed by atoms with Crippen LogP contribution in [0.15, 0.2) is 54.6 Å². The van der Waals surface area contributed by atoms with Gasteiger partial charge in [0.15, 0.2) is 0 Å². The van der Waals surface area contributed by atoms with Gasteiger partial charge in [0.1, 0.15) is 11.5 Å². The number of hydrogen-bond acceptors (Lipinski definition) is 4. The van der Waals surface area contributed by atoms with Crippen molar-refractivity contribution >= 4 is 17.5 Å². The lowest BCUT2D eigenvalue weighted by Crippen LogP contribution is -2.44. The number of carbonyl (C=O) groups excluding carboxylic acids is 2. The molecule has 0 bridgehead atoms. The number of ether oxygens (including phenoxy) is 1. The van der Waals surface area contributed by atoms with E-state index in [9.17, 15) is 9.59 Å². The molecule has 1 atom stereocenters. The van der Waals surface area contributed by atoms with E-state index in [0.717, 1.165) is 25.1 Å². The average Bonchev–Trinajstić information content (AvgIpc) is 2.64. The zero-order valence-corrected chi connectivity index (χ0v) is 14.6. The van der Waals surface area contributed by atoms with Crippen molar-refractivity contribution in [3.63, 3.8) is 0 Å². The Morgan fingerprint density at radius 1 is 1.08 bits per heavy atom. The van der Waals surface area contributed by atoms with E-state index in [4.69, 9.17) is 10.5 Å². The molecule has 0 aliphatic carbocycles. The fraction of sp³-hybridized carbons (Fsp3) is 0.300. The van der Waals surface area contributed by atoms with Crippen LogP contribution >= 0.6 is 0 Å². The van der Waals surface area contributed by atoms with E-state index in [1.165, 1.54) is 0 Å². The number of benzene rings is 2. The van der Waals surface area contributed by atoms with Crippen LogP contribution in [0.1, 0.15) is 12.8 Å². The van der Waals surface area contributed by atoms with E-state index in [1.54, 1.807) is 12.1 Å². The van der Waals surface area contributed by atoms with Crippen molar-refractivity contribution in [2.75, 3.05) is 25.0 Å². The van der Waals surface area contributed by atoms with Gasteiger partial charge in [-0.3, -0.25) is 14.5 Å². The summed E-state index contributed by atoms with van der Waals surface area (Å²) in [5, 5.41) is 2.87. The monoisotopic (exact) mass is 353 g/mol. The van der Waals surface area contributed by atoms with Crippen LogP contribution in [0.3, 0.4) is 0 Å². The van der Waals surface area contributed by atoms with Crippen LogP contribution in [0, 0.1) is 5.92 Å². The Morgan fingerprint density at radius 2 is 1.77 bits per heavy atom. The first kappa shape index (κ1) is 17.9. The zero-order chi connectivity index (χ0) is 18.4. The quantitative estimate of drug-likeness (QED) is 0.836. The number of nitrogens with one attached hydrogen (secondary N) is 1. The number of nitrogens with two attached hydrogens (primary N) is 1. The number of nitrogens with zero attached hydrogens (tertiary/aromatic N) is 1. The van der Waals surface area contributed by atoms with E-state index in [-0.39, 0.29) is 24.3 Å². The first-order chi connectivity index (χ1) is 12.6. The van der Waals surface area contributed by atoms with Gasteiger partial charge in [0.25, 0.3) is 0 Å². The van der Waals surface area contributed by atoms with Gasteiger partial charge >= 0.3 is 0 Å². The maximum absolute atomic E-state index is 12.2. The first-order valence-electron chi connectivity index (χ1n) is 8.74. The normalized spacial score (nSPS) is 17.5. The van der Waals surface area contributed by atoms with Gasteiger partial charge in [-0.05, 0) is 55.8 Å². The number of carbonyl (C=O) groups is 2. The SMILES string of the molecule is NC(=O)[C@@H]1CCCN(CC(=O)Nc2ccc(Oc3ccccc3)cc2)C1. The standard InChI is InChI=1S/C20H23N3O3/c21-20(25)15-5-4-12-23(13-15)14-19(24)22-16-8-10-18(11-9-16)26-17-6-2-1-3-7-17/h1-3,6-11,15H,4-5,12-14H2,(H2,21,25)(H,22,24)/t15-/m1/s1. The highest BCUT2D eigenvalue weighted by Crippen LogP contribution is 2.22. The van der Waals surface area contributed by atoms with Gasteiger partial charge in [0.05, 0.1) is 12.5 Å². The van der Waals surface area contributed by atoms with E-state index in [0.29, 0.717) is 18.0 Å². The second-order valence-electron chi connectivity index (χ2n) is 6.46. The molecule has 1 aliphatic rings. The number of piperidine rings is 1. The molecule has 1 heterocycles. The summed E-state index contributed by atoms with van der Waals surface area (Å²) in [5.41, 5.74) is 6.08. The lowest BCUT2D eigenvalue weighted by atomic mass is 9.97. The maximum atomic E-state index is 12.2. The summed E-state index contributed by atoms with van der Waals surface area (Å²) in [5.74, 6) is 0.912. The predicted molar refractivity (Wildman–Crippen MR) is 99.9 cm³/mol. The van der Waals surface area contributed by atoms with Crippen molar-refractivity contribution in [2.45, 2.75) is 12.8 Å². The highest BCUT2D eigenvalue weighted by molar-refractivity contribution is 5.92. The topological polar surface area (TPSA) is 84.7 Å². The van der Waals surface area contributed by atoms with Crippen molar-refractivity contribution in [3.8, 4) is 11.5 Å². The molecule has 2 aromatic carbocycles. The van der Waals surface area contributed by atoms with Gasteiger partial charge in [0.2, 0.25) is 11.8 Å². The summed E-state index contributed by atoms with van der Waals surface area (Å²) >= 11 is 0.